The molecular formula is C20H30N2O2. The highest BCUT2D eigenvalue weighted by atomic mass is 16.5. The molecule has 0 spiro atoms. The fraction of sp³-hybridized carbons (Fsp3) is 0.650. The molecule has 4 heteroatoms. The molecule has 0 radical (unpaired) electrons. The SMILES string of the molecule is COc1cccc(CC(=O)NC2CCN(CC3CCCC3)CC2)c1. The van der Waals surface area contributed by atoms with E-state index in [2.05, 4.69) is 10.2 Å². The van der Waals surface area contributed by atoms with Crippen LogP contribution in [0, 0.1) is 5.92 Å². The number of benzene rings is 1. The molecule has 0 bridgehead atoms. The largest absolute Gasteiger partial charge is 0.497 e. The smallest absolute Gasteiger partial charge is 0.224 e. The number of piperidine rings is 1. The third kappa shape index (κ3) is 4.97. The summed E-state index contributed by atoms with van der Waals surface area (Å²) in [4.78, 5) is 14.9. The van der Waals surface area contributed by atoms with E-state index in [1.54, 1.807) is 7.11 Å². The van der Waals surface area contributed by atoms with Gasteiger partial charge < -0.3 is 15.0 Å². The van der Waals surface area contributed by atoms with Gasteiger partial charge in [0.05, 0.1) is 13.5 Å². The second-order valence-electron chi connectivity index (χ2n) is 7.32. The predicted octanol–water partition coefficient (Wildman–Crippen LogP) is 3.01. The Kier molecular flexibility index (Phi) is 6.13. The normalized spacial score (nSPS) is 20.2. The van der Waals surface area contributed by atoms with E-state index in [1.165, 1.54) is 32.2 Å². The fourth-order valence-electron chi connectivity index (χ4n) is 4.06. The van der Waals surface area contributed by atoms with Crippen molar-refractivity contribution in [1.82, 2.24) is 10.2 Å². The fourth-order valence-corrected chi connectivity index (χ4v) is 4.06. The Morgan fingerprint density at radius 1 is 1.21 bits per heavy atom. The number of hydrogen-bond donors (Lipinski definition) is 1. The summed E-state index contributed by atoms with van der Waals surface area (Å²) >= 11 is 0. The van der Waals surface area contributed by atoms with Gasteiger partial charge in [-0.1, -0.05) is 25.0 Å². The maximum Gasteiger partial charge on any atom is 0.224 e. The van der Waals surface area contributed by atoms with Crippen LogP contribution in [-0.2, 0) is 11.2 Å². The minimum atomic E-state index is 0.123. The monoisotopic (exact) mass is 330 g/mol. The highest BCUT2D eigenvalue weighted by Gasteiger charge is 2.24. The molecule has 1 amide bonds. The highest BCUT2D eigenvalue weighted by molar-refractivity contribution is 5.79. The summed E-state index contributed by atoms with van der Waals surface area (Å²) in [5, 5.41) is 3.21. The van der Waals surface area contributed by atoms with Crippen LogP contribution in [-0.4, -0.2) is 43.6 Å². The van der Waals surface area contributed by atoms with Crippen molar-refractivity contribution in [1.29, 1.82) is 0 Å². The molecule has 1 aromatic carbocycles. The highest BCUT2D eigenvalue weighted by Crippen LogP contribution is 2.26. The number of amides is 1. The van der Waals surface area contributed by atoms with E-state index >= 15 is 0 Å². The van der Waals surface area contributed by atoms with Crippen molar-refractivity contribution >= 4 is 5.91 Å². The number of carbonyl (C=O) groups is 1. The van der Waals surface area contributed by atoms with Crippen LogP contribution in [0.3, 0.4) is 0 Å². The standard InChI is InChI=1S/C20H30N2O2/c1-24-19-8-4-7-17(13-19)14-20(23)21-18-9-11-22(12-10-18)15-16-5-2-3-6-16/h4,7-8,13,16,18H,2-3,5-6,9-12,14-15H2,1H3,(H,21,23). The van der Waals surface area contributed by atoms with Gasteiger partial charge in [-0.25, -0.2) is 0 Å². The molecule has 0 unspecified atom stereocenters. The zero-order chi connectivity index (χ0) is 16.8. The molecule has 2 fully saturated rings. The van der Waals surface area contributed by atoms with Gasteiger partial charge in [0, 0.05) is 25.7 Å². The Morgan fingerprint density at radius 2 is 1.96 bits per heavy atom. The second kappa shape index (κ2) is 8.52. The van der Waals surface area contributed by atoms with Crippen LogP contribution in [0.5, 0.6) is 5.75 Å². The number of carbonyl (C=O) groups excluding carboxylic acids is 1. The molecule has 0 aromatic heterocycles. The number of likely N-dealkylation sites (tertiary alicyclic amines) is 1. The van der Waals surface area contributed by atoms with Gasteiger partial charge in [-0.3, -0.25) is 4.79 Å². The van der Waals surface area contributed by atoms with Gasteiger partial charge in [0.1, 0.15) is 5.75 Å². The Balaban J connectivity index is 1.39. The maximum atomic E-state index is 12.3. The third-order valence-corrected chi connectivity index (χ3v) is 5.44. The van der Waals surface area contributed by atoms with E-state index in [0.29, 0.717) is 12.5 Å². The number of ether oxygens (including phenoxy) is 1. The lowest BCUT2D eigenvalue weighted by atomic mass is 10.0. The number of hydrogen-bond acceptors (Lipinski definition) is 3. The zero-order valence-corrected chi connectivity index (χ0v) is 14.8. The van der Waals surface area contributed by atoms with Gasteiger partial charge >= 0.3 is 0 Å². The molecule has 1 N–H and O–H groups in total. The van der Waals surface area contributed by atoms with Gasteiger partial charge in [-0.2, -0.15) is 0 Å². The lowest BCUT2D eigenvalue weighted by molar-refractivity contribution is -0.121. The first-order valence-corrected chi connectivity index (χ1v) is 9.37. The van der Waals surface area contributed by atoms with Crippen LogP contribution in [0.1, 0.15) is 44.1 Å². The molecule has 1 aliphatic heterocycles. The lowest BCUT2D eigenvalue weighted by Crippen LogP contribution is -2.46. The minimum absolute atomic E-state index is 0.123. The first kappa shape index (κ1) is 17.3. The average molecular weight is 330 g/mol. The van der Waals surface area contributed by atoms with Crippen LogP contribution < -0.4 is 10.1 Å². The Morgan fingerprint density at radius 3 is 2.67 bits per heavy atom. The molecule has 132 valence electrons. The molecule has 1 saturated carbocycles. The van der Waals surface area contributed by atoms with Crippen LogP contribution in [0.25, 0.3) is 0 Å². The minimum Gasteiger partial charge on any atom is -0.497 e. The van der Waals surface area contributed by atoms with Crippen molar-refractivity contribution in [2.45, 2.75) is 51.0 Å². The molecule has 4 nitrogen and oxygen atoms in total. The summed E-state index contributed by atoms with van der Waals surface area (Å²) in [5.74, 6) is 1.85. The average Bonchev–Trinajstić information content (AvgIpc) is 3.10. The van der Waals surface area contributed by atoms with E-state index in [-0.39, 0.29) is 5.91 Å². The Hall–Kier alpha value is -1.55. The molecule has 1 aliphatic carbocycles. The van der Waals surface area contributed by atoms with Crippen molar-refractivity contribution in [3.63, 3.8) is 0 Å². The first-order valence-electron chi connectivity index (χ1n) is 9.37. The molecular weight excluding hydrogens is 300 g/mol. The molecule has 3 rings (SSSR count). The quantitative estimate of drug-likeness (QED) is 0.872. The van der Waals surface area contributed by atoms with Crippen LogP contribution in [0.4, 0.5) is 0 Å². The summed E-state index contributed by atoms with van der Waals surface area (Å²) in [6.45, 7) is 3.52. The van der Waals surface area contributed by atoms with Crippen LogP contribution in [0.2, 0.25) is 0 Å². The number of methoxy groups -OCH3 is 1. The van der Waals surface area contributed by atoms with Gasteiger partial charge in [0.25, 0.3) is 0 Å². The predicted molar refractivity (Wildman–Crippen MR) is 96.3 cm³/mol. The number of nitrogens with one attached hydrogen (secondary N) is 1. The van der Waals surface area contributed by atoms with E-state index in [9.17, 15) is 4.79 Å². The van der Waals surface area contributed by atoms with Crippen molar-refractivity contribution in [2.24, 2.45) is 5.92 Å². The van der Waals surface area contributed by atoms with Crippen molar-refractivity contribution < 1.29 is 9.53 Å². The molecule has 2 aliphatic rings. The maximum absolute atomic E-state index is 12.3. The summed E-state index contributed by atoms with van der Waals surface area (Å²) < 4.78 is 5.22. The van der Waals surface area contributed by atoms with E-state index in [1.807, 2.05) is 24.3 Å². The first-order chi connectivity index (χ1) is 11.7. The van der Waals surface area contributed by atoms with Crippen LogP contribution >= 0.6 is 0 Å². The zero-order valence-electron chi connectivity index (χ0n) is 14.8. The van der Waals surface area contributed by atoms with Gasteiger partial charge in [0.2, 0.25) is 5.91 Å². The van der Waals surface area contributed by atoms with Crippen molar-refractivity contribution in [3.05, 3.63) is 29.8 Å². The Labute approximate surface area is 145 Å². The van der Waals surface area contributed by atoms with Crippen LogP contribution in [0.15, 0.2) is 24.3 Å². The number of rotatable bonds is 6. The third-order valence-electron chi connectivity index (χ3n) is 5.44. The van der Waals surface area contributed by atoms with Gasteiger partial charge in [-0.05, 0) is 49.3 Å². The van der Waals surface area contributed by atoms with Gasteiger partial charge in [0.15, 0.2) is 0 Å². The summed E-state index contributed by atoms with van der Waals surface area (Å²) in [6.07, 6.45) is 8.25. The van der Waals surface area contributed by atoms with E-state index < -0.39 is 0 Å². The van der Waals surface area contributed by atoms with E-state index in [4.69, 9.17) is 4.74 Å². The molecule has 0 atom stereocenters. The number of nitrogens with zero attached hydrogens (tertiary/aromatic N) is 1. The molecule has 1 heterocycles. The molecule has 1 saturated heterocycles. The summed E-state index contributed by atoms with van der Waals surface area (Å²) in [6, 6.07) is 8.09. The molecule has 24 heavy (non-hydrogen) atoms. The second-order valence-corrected chi connectivity index (χ2v) is 7.32. The summed E-state index contributed by atoms with van der Waals surface area (Å²) in [7, 11) is 1.65. The topological polar surface area (TPSA) is 41.6 Å². The Bertz CT molecular complexity index is 532. The summed E-state index contributed by atoms with van der Waals surface area (Å²) in [5.41, 5.74) is 1.01. The van der Waals surface area contributed by atoms with Gasteiger partial charge in [-0.15, -0.1) is 0 Å². The lowest BCUT2D eigenvalue weighted by Gasteiger charge is -2.33. The van der Waals surface area contributed by atoms with Crippen molar-refractivity contribution in [3.8, 4) is 5.75 Å². The molecule has 1 aromatic rings. The van der Waals surface area contributed by atoms with E-state index in [0.717, 1.165) is 43.2 Å². The van der Waals surface area contributed by atoms with Crippen molar-refractivity contribution in [2.75, 3.05) is 26.7 Å².